The van der Waals surface area contributed by atoms with E-state index in [0.717, 1.165) is 37.5 Å². The van der Waals surface area contributed by atoms with Crippen molar-refractivity contribution in [2.45, 2.75) is 24.6 Å². The Hall–Kier alpha value is -1.66. The smallest absolute Gasteiger partial charge is 0.376 e. The summed E-state index contributed by atoms with van der Waals surface area (Å²) in [6, 6.07) is 5.64. The fourth-order valence-corrected chi connectivity index (χ4v) is 2.73. The Morgan fingerprint density at radius 1 is 1.14 bits per heavy atom. The third-order valence-electron chi connectivity index (χ3n) is 3.61. The van der Waals surface area contributed by atoms with E-state index >= 15 is 0 Å². The molecule has 0 spiro atoms. The fourth-order valence-electron chi connectivity index (χ4n) is 2.40. The lowest BCUT2D eigenvalue weighted by molar-refractivity contribution is -0.274. The van der Waals surface area contributed by atoms with Crippen LogP contribution >= 0.6 is 11.6 Å². The van der Waals surface area contributed by atoms with E-state index in [1.165, 1.54) is 12.1 Å². The first-order valence-corrected chi connectivity index (χ1v) is 6.71. The third-order valence-corrected chi connectivity index (χ3v) is 3.94. The summed E-state index contributed by atoms with van der Waals surface area (Å²) in [5.74, 6) is -2.56. The number of nitrogens with zero attached hydrogens (tertiary/aromatic N) is 1. The molecule has 118 valence electrons. The van der Waals surface area contributed by atoms with E-state index in [0.29, 0.717) is 0 Å². The highest BCUT2D eigenvalue weighted by atomic mass is 35.5. The number of alkyl halides is 3. The Morgan fingerprint density at radius 3 is 2.23 bits per heavy atom. The molecule has 0 aliphatic rings. The molecule has 0 amide bonds. The molecule has 1 heterocycles. The molecule has 1 aromatic heterocycles. The van der Waals surface area contributed by atoms with Crippen LogP contribution in [-0.2, 0) is 5.60 Å². The average molecular weight is 334 g/mol. The second-order valence-electron chi connectivity index (χ2n) is 4.86. The second-order valence-corrected chi connectivity index (χ2v) is 5.26. The third kappa shape index (κ3) is 2.68. The SMILES string of the molecule is CC(c1c(F)cccc1Cl)C(O)(c1ccncc1)C(F)(F)F. The van der Waals surface area contributed by atoms with E-state index in [9.17, 15) is 22.7 Å². The summed E-state index contributed by atoms with van der Waals surface area (Å²) in [5, 5.41) is 10.2. The monoisotopic (exact) mass is 333 g/mol. The van der Waals surface area contributed by atoms with Gasteiger partial charge in [0.05, 0.1) is 0 Å². The van der Waals surface area contributed by atoms with E-state index in [2.05, 4.69) is 4.98 Å². The van der Waals surface area contributed by atoms with Crippen LogP contribution in [0.1, 0.15) is 24.0 Å². The standard InChI is InChI=1S/C15H12ClF4NO/c1-9(13-11(16)3-2-4-12(13)17)14(22,15(18,19)20)10-5-7-21-8-6-10/h2-9,22H,1H3. The van der Waals surface area contributed by atoms with Gasteiger partial charge < -0.3 is 5.11 Å². The van der Waals surface area contributed by atoms with Crippen LogP contribution < -0.4 is 0 Å². The quantitative estimate of drug-likeness (QED) is 0.843. The molecule has 0 saturated heterocycles. The molecule has 2 aromatic rings. The largest absolute Gasteiger partial charge is 0.422 e. The molecule has 0 radical (unpaired) electrons. The molecule has 1 N–H and O–H groups in total. The van der Waals surface area contributed by atoms with E-state index < -0.39 is 29.1 Å². The molecule has 2 nitrogen and oxygen atoms in total. The summed E-state index contributed by atoms with van der Waals surface area (Å²) in [7, 11) is 0. The Bertz CT molecular complexity index is 642. The van der Waals surface area contributed by atoms with Gasteiger partial charge in [-0.1, -0.05) is 24.6 Å². The molecule has 22 heavy (non-hydrogen) atoms. The van der Waals surface area contributed by atoms with Crippen molar-refractivity contribution in [2.24, 2.45) is 0 Å². The zero-order chi connectivity index (χ0) is 16.5. The van der Waals surface area contributed by atoms with Crippen LogP contribution in [0.3, 0.4) is 0 Å². The molecule has 0 bridgehead atoms. The number of hydrogen-bond acceptors (Lipinski definition) is 2. The zero-order valence-electron chi connectivity index (χ0n) is 11.4. The highest BCUT2D eigenvalue weighted by Gasteiger charge is 2.59. The van der Waals surface area contributed by atoms with Crippen molar-refractivity contribution >= 4 is 11.6 Å². The van der Waals surface area contributed by atoms with Crippen LogP contribution in [0, 0.1) is 5.82 Å². The van der Waals surface area contributed by atoms with E-state index in [-0.39, 0.29) is 10.6 Å². The van der Waals surface area contributed by atoms with Gasteiger partial charge in [-0.2, -0.15) is 13.2 Å². The van der Waals surface area contributed by atoms with Crippen LogP contribution in [0.25, 0.3) is 0 Å². The van der Waals surface area contributed by atoms with Gasteiger partial charge in [0.15, 0.2) is 5.60 Å². The van der Waals surface area contributed by atoms with Crippen LogP contribution in [0.4, 0.5) is 17.6 Å². The number of benzene rings is 1. The predicted octanol–water partition coefficient (Wildman–Crippen LogP) is 4.43. The van der Waals surface area contributed by atoms with Gasteiger partial charge in [0.2, 0.25) is 0 Å². The van der Waals surface area contributed by atoms with Crippen molar-refractivity contribution in [1.29, 1.82) is 0 Å². The number of aliphatic hydroxyl groups is 1. The second kappa shape index (κ2) is 5.85. The first-order valence-electron chi connectivity index (χ1n) is 6.33. The van der Waals surface area contributed by atoms with E-state index in [1.807, 2.05) is 0 Å². The average Bonchev–Trinajstić information content (AvgIpc) is 2.45. The number of hydrogen-bond donors (Lipinski definition) is 1. The lowest BCUT2D eigenvalue weighted by atomic mass is 9.78. The summed E-state index contributed by atoms with van der Waals surface area (Å²) >= 11 is 5.84. The van der Waals surface area contributed by atoms with Gasteiger partial charge in [-0.25, -0.2) is 4.39 Å². The lowest BCUT2D eigenvalue weighted by Crippen LogP contribution is -2.46. The summed E-state index contributed by atoms with van der Waals surface area (Å²) < 4.78 is 54.6. The van der Waals surface area contributed by atoms with Gasteiger partial charge in [0.1, 0.15) is 5.82 Å². The molecular formula is C15H12ClF4NO. The van der Waals surface area contributed by atoms with Crippen LogP contribution in [0.15, 0.2) is 42.7 Å². The van der Waals surface area contributed by atoms with Gasteiger partial charge in [-0.15, -0.1) is 0 Å². The minimum atomic E-state index is -5.03. The van der Waals surface area contributed by atoms with Crippen LogP contribution in [0.5, 0.6) is 0 Å². The number of aromatic nitrogens is 1. The molecule has 2 atom stereocenters. The molecule has 7 heteroatoms. The summed E-state index contributed by atoms with van der Waals surface area (Å²) in [4.78, 5) is 3.63. The predicted molar refractivity (Wildman–Crippen MR) is 74.0 cm³/mol. The molecule has 2 rings (SSSR count). The summed E-state index contributed by atoms with van der Waals surface area (Å²) in [5.41, 5.74) is -4.11. The maximum Gasteiger partial charge on any atom is 0.422 e. The first kappa shape index (κ1) is 16.7. The van der Waals surface area contributed by atoms with Crippen LogP contribution in [-0.4, -0.2) is 16.3 Å². The highest BCUT2D eigenvalue weighted by molar-refractivity contribution is 6.31. The summed E-state index contributed by atoms with van der Waals surface area (Å²) in [6.07, 6.45) is -2.77. The van der Waals surface area contributed by atoms with Crippen molar-refractivity contribution in [1.82, 2.24) is 4.98 Å². The number of pyridine rings is 1. The Balaban J connectivity index is 2.66. The Labute approximate surface area is 129 Å². The zero-order valence-corrected chi connectivity index (χ0v) is 12.2. The van der Waals surface area contributed by atoms with Crippen LogP contribution in [0.2, 0.25) is 5.02 Å². The number of rotatable bonds is 3. The summed E-state index contributed by atoms with van der Waals surface area (Å²) in [6.45, 7) is 1.08. The molecule has 1 aromatic carbocycles. The molecule has 0 aliphatic heterocycles. The fraction of sp³-hybridized carbons (Fsp3) is 0.267. The van der Waals surface area contributed by atoms with Gasteiger partial charge in [-0.3, -0.25) is 4.98 Å². The molecule has 0 aliphatic carbocycles. The minimum absolute atomic E-state index is 0.177. The van der Waals surface area contributed by atoms with Gasteiger partial charge in [-0.05, 0) is 29.8 Å². The Morgan fingerprint density at radius 2 is 1.73 bits per heavy atom. The van der Waals surface area contributed by atoms with E-state index in [1.54, 1.807) is 0 Å². The minimum Gasteiger partial charge on any atom is -0.376 e. The first-order chi connectivity index (χ1) is 10.2. The number of halogens is 5. The van der Waals surface area contributed by atoms with Crippen molar-refractivity contribution in [3.63, 3.8) is 0 Å². The normalized spacial score (nSPS) is 16.1. The van der Waals surface area contributed by atoms with Crippen molar-refractivity contribution in [3.8, 4) is 0 Å². The molecule has 2 unspecified atom stereocenters. The van der Waals surface area contributed by atoms with Gasteiger partial charge in [0, 0.05) is 28.9 Å². The lowest BCUT2D eigenvalue weighted by Gasteiger charge is -2.36. The van der Waals surface area contributed by atoms with E-state index in [4.69, 9.17) is 11.6 Å². The highest BCUT2D eigenvalue weighted by Crippen LogP contribution is 2.49. The van der Waals surface area contributed by atoms with Gasteiger partial charge in [0.25, 0.3) is 0 Å². The molecular weight excluding hydrogens is 322 g/mol. The van der Waals surface area contributed by atoms with Crippen molar-refractivity contribution < 1.29 is 22.7 Å². The van der Waals surface area contributed by atoms with Crippen molar-refractivity contribution in [2.75, 3.05) is 0 Å². The molecule has 0 saturated carbocycles. The maximum atomic E-state index is 14.0. The Kier molecular flexibility index (Phi) is 4.44. The maximum absolute atomic E-state index is 14.0. The van der Waals surface area contributed by atoms with Crippen molar-refractivity contribution in [3.05, 3.63) is 64.7 Å². The molecule has 0 fully saturated rings. The van der Waals surface area contributed by atoms with Gasteiger partial charge >= 0.3 is 6.18 Å². The topological polar surface area (TPSA) is 33.1 Å².